The first-order chi connectivity index (χ1) is 15.3. The molecule has 0 saturated carbocycles. The van der Waals surface area contributed by atoms with E-state index in [2.05, 4.69) is 19.9 Å². The number of H-pyrrole nitrogens is 1. The van der Waals surface area contributed by atoms with Crippen molar-refractivity contribution < 1.29 is 13.2 Å². The van der Waals surface area contributed by atoms with E-state index < -0.39 is 10.0 Å². The molecule has 0 bridgehead atoms. The van der Waals surface area contributed by atoms with Gasteiger partial charge in [0, 0.05) is 34.0 Å². The largest absolute Gasteiger partial charge is 0.496 e. The van der Waals surface area contributed by atoms with Gasteiger partial charge in [0.2, 0.25) is 10.0 Å². The molecule has 2 aromatic heterocycles. The lowest BCUT2D eigenvalue weighted by molar-refractivity contribution is 0.415. The molecule has 0 saturated heterocycles. The smallest absolute Gasteiger partial charge is 0.255 e. The molecule has 9 heteroatoms. The number of aromatic nitrogens is 3. The molecule has 0 atom stereocenters. The molecule has 164 valence electrons. The van der Waals surface area contributed by atoms with Crippen LogP contribution in [0, 0.1) is 0 Å². The molecular formula is C23H22N4O4S. The Bertz CT molecular complexity index is 1460. The number of pyridine rings is 1. The van der Waals surface area contributed by atoms with Gasteiger partial charge in [-0.3, -0.25) is 9.52 Å². The van der Waals surface area contributed by atoms with Crippen LogP contribution in [0.1, 0.15) is 12.5 Å². The predicted octanol–water partition coefficient (Wildman–Crippen LogP) is 3.59. The predicted molar refractivity (Wildman–Crippen MR) is 125 cm³/mol. The van der Waals surface area contributed by atoms with Gasteiger partial charge in [0.05, 0.1) is 19.1 Å². The molecule has 0 fully saturated rings. The van der Waals surface area contributed by atoms with E-state index in [0.29, 0.717) is 40.2 Å². The molecule has 32 heavy (non-hydrogen) atoms. The Kier molecular flexibility index (Phi) is 5.67. The number of fused-ring (bicyclic) bond motifs is 1. The van der Waals surface area contributed by atoms with Gasteiger partial charge in [0.1, 0.15) is 11.3 Å². The molecule has 2 aromatic carbocycles. The Balaban J connectivity index is 1.90. The summed E-state index contributed by atoms with van der Waals surface area (Å²) in [4.78, 5) is 15.2. The number of nitrogens with one attached hydrogen (secondary N) is 2. The van der Waals surface area contributed by atoms with Crippen molar-refractivity contribution in [3.63, 3.8) is 0 Å². The fourth-order valence-electron chi connectivity index (χ4n) is 3.65. The van der Waals surface area contributed by atoms with E-state index in [1.807, 2.05) is 19.1 Å². The minimum atomic E-state index is -3.36. The number of anilines is 1. The second-order valence-corrected chi connectivity index (χ2v) is 9.07. The van der Waals surface area contributed by atoms with Crippen LogP contribution in [0.4, 0.5) is 5.69 Å². The first-order valence-electron chi connectivity index (χ1n) is 9.94. The van der Waals surface area contributed by atoms with Gasteiger partial charge >= 0.3 is 0 Å². The molecule has 2 heterocycles. The standard InChI is InChI=1S/C23H22N4O4S/c1-4-14-12-18(17-6-5-11-24-23(17)28)21-19(22(14)31-2)13-20(25-26-21)15-7-9-16(10-8-15)27-32(3,29)30/h5-13,27H,4H2,1-3H3,(H,24,28). The van der Waals surface area contributed by atoms with Crippen molar-refractivity contribution >= 4 is 26.6 Å². The van der Waals surface area contributed by atoms with Crippen molar-refractivity contribution in [2.24, 2.45) is 0 Å². The summed E-state index contributed by atoms with van der Waals surface area (Å²) in [6.07, 6.45) is 3.40. The van der Waals surface area contributed by atoms with Crippen molar-refractivity contribution in [1.82, 2.24) is 15.2 Å². The molecule has 0 aliphatic carbocycles. The topological polar surface area (TPSA) is 114 Å². The highest BCUT2D eigenvalue weighted by Crippen LogP contribution is 2.37. The Morgan fingerprint density at radius 1 is 1.06 bits per heavy atom. The third-order valence-corrected chi connectivity index (χ3v) is 5.69. The normalized spacial score (nSPS) is 11.5. The zero-order valence-corrected chi connectivity index (χ0v) is 18.7. The molecule has 0 unspecified atom stereocenters. The number of methoxy groups -OCH3 is 1. The lowest BCUT2D eigenvalue weighted by Gasteiger charge is -2.15. The van der Waals surface area contributed by atoms with Gasteiger partial charge in [-0.1, -0.05) is 19.1 Å². The molecular weight excluding hydrogens is 428 g/mol. The lowest BCUT2D eigenvalue weighted by atomic mass is 9.97. The van der Waals surface area contributed by atoms with Crippen molar-refractivity contribution in [2.75, 3.05) is 18.1 Å². The van der Waals surface area contributed by atoms with Gasteiger partial charge in [-0.15, -0.1) is 10.2 Å². The summed E-state index contributed by atoms with van der Waals surface area (Å²) >= 11 is 0. The first kappa shape index (κ1) is 21.5. The van der Waals surface area contributed by atoms with Gasteiger partial charge in [-0.25, -0.2) is 8.42 Å². The SMILES string of the molecule is CCc1cc(-c2ccc[nH]c2=O)c2nnc(-c3ccc(NS(C)(=O)=O)cc3)cc2c1OC. The van der Waals surface area contributed by atoms with Gasteiger partial charge < -0.3 is 9.72 Å². The minimum Gasteiger partial charge on any atom is -0.496 e. The van der Waals surface area contributed by atoms with E-state index in [1.165, 1.54) is 0 Å². The summed E-state index contributed by atoms with van der Waals surface area (Å²) in [5.41, 5.74) is 4.32. The van der Waals surface area contributed by atoms with Crippen molar-refractivity contribution in [3.05, 3.63) is 70.6 Å². The fourth-order valence-corrected chi connectivity index (χ4v) is 4.22. The molecule has 8 nitrogen and oxygen atoms in total. The highest BCUT2D eigenvalue weighted by atomic mass is 32.2. The maximum atomic E-state index is 12.5. The van der Waals surface area contributed by atoms with Gasteiger partial charge in [0.15, 0.2) is 0 Å². The van der Waals surface area contributed by atoms with Crippen molar-refractivity contribution in [1.29, 1.82) is 0 Å². The van der Waals surface area contributed by atoms with Gasteiger partial charge in [-0.05, 0) is 48.4 Å². The fraction of sp³-hybridized carbons (Fsp3) is 0.174. The van der Waals surface area contributed by atoms with Crippen LogP contribution < -0.4 is 15.0 Å². The maximum absolute atomic E-state index is 12.5. The van der Waals surface area contributed by atoms with Crippen LogP contribution in [0.25, 0.3) is 33.3 Å². The van der Waals surface area contributed by atoms with E-state index in [4.69, 9.17) is 4.74 Å². The number of hydrogen-bond donors (Lipinski definition) is 2. The summed E-state index contributed by atoms with van der Waals surface area (Å²) < 4.78 is 31.0. The zero-order valence-electron chi connectivity index (χ0n) is 17.8. The van der Waals surface area contributed by atoms with Crippen LogP contribution >= 0.6 is 0 Å². The summed E-state index contributed by atoms with van der Waals surface area (Å²) in [6, 6.07) is 14.2. The maximum Gasteiger partial charge on any atom is 0.255 e. The molecule has 0 aliphatic rings. The second kappa shape index (κ2) is 8.43. The summed E-state index contributed by atoms with van der Waals surface area (Å²) in [5.74, 6) is 0.685. The quantitative estimate of drug-likeness (QED) is 0.464. The average molecular weight is 451 g/mol. The number of rotatable bonds is 6. The van der Waals surface area contributed by atoms with E-state index in [9.17, 15) is 13.2 Å². The molecule has 0 aliphatic heterocycles. The number of benzene rings is 2. The number of aromatic amines is 1. The summed E-state index contributed by atoms with van der Waals surface area (Å²) in [6.45, 7) is 2.02. The Morgan fingerprint density at radius 2 is 1.81 bits per heavy atom. The molecule has 2 N–H and O–H groups in total. The number of nitrogens with zero attached hydrogens (tertiary/aromatic N) is 2. The van der Waals surface area contributed by atoms with E-state index in [-0.39, 0.29) is 5.56 Å². The molecule has 0 spiro atoms. The van der Waals surface area contributed by atoms with Crippen LogP contribution in [-0.4, -0.2) is 37.0 Å². The average Bonchev–Trinajstić information content (AvgIpc) is 2.77. The Labute approximate surface area is 185 Å². The summed E-state index contributed by atoms with van der Waals surface area (Å²) in [7, 11) is -1.75. The summed E-state index contributed by atoms with van der Waals surface area (Å²) in [5, 5.41) is 9.56. The lowest BCUT2D eigenvalue weighted by Crippen LogP contribution is -2.09. The van der Waals surface area contributed by atoms with Crippen LogP contribution in [0.5, 0.6) is 5.75 Å². The first-order valence-corrected chi connectivity index (χ1v) is 11.8. The zero-order chi connectivity index (χ0) is 22.9. The van der Waals surface area contributed by atoms with Crippen LogP contribution in [0.15, 0.2) is 59.5 Å². The van der Waals surface area contributed by atoms with E-state index in [0.717, 1.165) is 22.8 Å². The van der Waals surface area contributed by atoms with Crippen LogP contribution in [0.2, 0.25) is 0 Å². The minimum absolute atomic E-state index is 0.208. The van der Waals surface area contributed by atoms with Crippen molar-refractivity contribution in [2.45, 2.75) is 13.3 Å². The molecule has 4 rings (SSSR count). The highest BCUT2D eigenvalue weighted by molar-refractivity contribution is 7.92. The van der Waals surface area contributed by atoms with Crippen LogP contribution in [0.3, 0.4) is 0 Å². The monoisotopic (exact) mass is 450 g/mol. The Morgan fingerprint density at radius 3 is 2.44 bits per heavy atom. The number of hydrogen-bond acceptors (Lipinski definition) is 6. The molecule has 0 amide bonds. The number of aryl methyl sites for hydroxylation is 1. The van der Waals surface area contributed by atoms with Crippen molar-refractivity contribution in [3.8, 4) is 28.1 Å². The Hall–Kier alpha value is -3.72. The van der Waals surface area contributed by atoms with Gasteiger partial charge in [-0.2, -0.15) is 0 Å². The van der Waals surface area contributed by atoms with E-state index in [1.54, 1.807) is 49.7 Å². The molecule has 0 radical (unpaired) electrons. The third kappa shape index (κ3) is 4.19. The highest BCUT2D eigenvalue weighted by Gasteiger charge is 2.18. The van der Waals surface area contributed by atoms with E-state index >= 15 is 0 Å². The number of ether oxygens (including phenoxy) is 1. The van der Waals surface area contributed by atoms with Gasteiger partial charge in [0.25, 0.3) is 5.56 Å². The second-order valence-electron chi connectivity index (χ2n) is 7.33. The third-order valence-electron chi connectivity index (χ3n) is 5.08. The molecule has 4 aromatic rings. The van der Waals surface area contributed by atoms with Crippen LogP contribution in [-0.2, 0) is 16.4 Å². The number of sulfonamides is 1.